The summed E-state index contributed by atoms with van der Waals surface area (Å²) in [6.07, 6.45) is 2.14. The fourth-order valence-corrected chi connectivity index (χ4v) is 3.70. The van der Waals surface area contributed by atoms with Crippen LogP contribution < -0.4 is 10.0 Å². The molecule has 1 unspecified atom stereocenters. The monoisotopic (exact) mass is 346 g/mol. The maximum absolute atomic E-state index is 12.2. The first-order valence-corrected chi connectivity index (χ1v) is 8.65. The Bertz CT molecular complexity index is 522. The Morgan fingerprint density at radius 3 is 2.63 bits per heavy atom. The summed E-state index contributed by atoms with van der Waals surface area (Å²) in [5.74, 6) is 0. The Labute approximate surface area is 123 Å². The third-order valence-corrected chi connectivity index (χ3v) is 5.44. The molecule has 0 saturated carbocycles. The van der Waals surface area contributed by atoms with Gasteiger partial charge in [-0.25, -0.2) is 13.1 Å². The fourth-order valence-electron chi connectivity index (χ4n) is 2.24. The van der Waals surface area contributed by atoms with Gasteiger partial charge in [-0.15, -0.1) is 0 Å². The van der Waals surface area contributed by atoms with Gasteiger partial charge in [-0.2, -0.15) is 0 Å². The van der Waals surface area contributed by atoms with Gasteiger partial charge in [0.25, 0.3) is 0 Å². The number of hydrogen-bond acceptors (Lipinski definition) is 3. The highest BCUT2D eigenvalue weighted by molar-refractivity contribution is 9.10. The molecule has 0 aromatic heterocycles. The zero-order valence-electron chi connectivity index (χ0n) is 10.9. The molecule has 1 heterocycles. The normalized spacial score (nSPS) is 24.3. The third-order valence-electron chi connectivity index (χ3n) is 3.50. The van der Waals surface area contributed by atoms with Gasteiger partial charge >= 0.3 is 0 Å². The maximum atomic E-state index is 12.2. The van der Waals surface area contributed by atoms with E-state index in [1.807, 2.05) is 0 Å². The van der Waals surface area contributed by atoms with Crippen LogP contribution in [-0.4, -0.2) is 28.1 Å². The van der Waals surface area contributed by atoms with Crippen molar-refractivity contribution in [2.24, 2.45) is 5.41 Å². The summed E-state index contributed by atoms with van der Waals surface area (Å²) in [5, 5.41) is 3.32. The number of piperidine rings is 1. The summed E-state index contributed by atoms with van der Waals surface area (Å²) in [5.41, 5.74) is 0.000678. The zero-order valence-corrected chi connectivity index (χ0v) is 13.4. The average molecular weight is 347 g/mol. The van der Waals surface area contributed by atoms with Crippen LogP contribution in [0.3, 0.4) is 0 Å². The van der Waals surface area contributed by atoms with Crippen molar-refractivity contribution < 1.29 is 8.42 Å². The molecule has 1 fully saturated rings. The Balaban J connectivity index is 2.03. The first-order valence-electron chi connectivity index (χ1n) is 6.37. The van der Waals surface area contributed by atoms with Gasteiger partial charge in [0, 0.05) is 17.6 Å². The van der Waals surface area contributed by atoms with E-state index in [0.717, 1.165) is 30.4 Å². The van der Waals surface area contributed by atoms with E-state index < -0.39 is 10.0 Å². The highest BCUT2D eigenvalue weighted by Crippen LogP contribution is 2.25. The summed E-state index contributed by atoms with van der Waals surface area (Å²) in [4.78, 5) is 0.308. The molecule has 1 aliphatic heterocycles. The molecule has 1 aliphatic rings. The molecule has 6 heteroatoms. The van der Waals surface area contributed by atoms with E-state index in [1.165, 1.54) is 0 Å². The van der Waals surface area contributed by atoms with Crippen LogP contribution in [0.25, 0.3) is 0 Å². The maximum Gasteiger partial charge on any atom is 0.240 e. The standard InChI is InChI=1S/C13H19BrN2O2S/c1-13(7-2-8-15-9-13)10-16-19(17,18)12-5-3-11(14)4-6-12/h3-6,15-16H,2,7-10H2,1H3. The van der Waals surface area contributed by atoms with Gasteiger partial charge in [0.15, 0.2) is 0 Å². The van der Waals surface area contributed by atoms with E-state index in [2.05, 4.69) is 32.9 Å². The van der Waals surface area contributed by atoms with Crippen molar-refractivity contribution in [2.45, 2.75) is 24.7 Å². The highest BCUT2D eigenvalue weighted by atomic mass is 79.9. The van der Waals surface area contributed by atoms with Crippen LogP contribution in [0.4, 0.5) is 0 Å². The minimum Gasteiger partial charge on any atom is -0.316 e. The molecule has 2 rings (SSSR count). The second kappa shape index (κ2) is 5.91. The SMILES string of the molecule is CC1(CNS(=O)(=O)c2ccc(Br)cc2)CCCNC1. The summed E-state index contributed by atoms with van der Waals surface area (Å²) in [6.45, 7) is 4.46. The number of hydrogen-bond donors (Lipinski definition) is 2. The molecule has 106 valence electrons. The summed E-state index contributed by atoms with van der Waals surface area (Å²) < 4.78 is 28.0. The van der Waals surface area contributed by atoms with E-state index in [1.54, 1.807) is 24.3 Å². The molecule has 1 atom stereocenters. The molecule has 0 spiro atoms. The van der Waals surface area contributed by atoms with Crippen molar-refractivity contribution in [3.63, 3.8) is 0 Å². The predicted molar refractivity (Wildman–Crippen MR) is 79.5 cm³/mol. The molecular formula is C13H19BrN2O2S. The Morgan fingerprint density at radius 2 is 2.05 bits per heavy atom. The summed E-state index contributed by atoms with van der Waals surface area (Å²) in [6, 6.07) is 6.68. The molecule has 1 saturated heterocycles. The minimum atomic E-state index is -3.41. The van der Waals surface area contributed by atoms with Gasteiger partial charge in [-0.3, -0.25) is 0 Å². The van der Waals surface area contributed by atoms with E-state index in [9.17, 15) is 8.42 Å². The number of benzene rings is 1. The molecule has 19 heavy (non-hydrogen) atoms. The van der Waals surface area contributed by atoms with Crippen molar-refractivity contribution in [2.75, 3.05) is 19.6 Å². The molecule has 1 aromatic rings. The van der Waals surface area contributed by atoms with E-state index in [0.29, 0.717) is 11.4 Å². The number of sulfonamides is 1. The summed E-state index contributed by atoms with van der Waals surface area (Å²) >= 11 is 3.30. The second-order valence-electron chi connectivity index (χ2n) is 5.37. The molecular weight excluding hydrogens is 328 g/mol. The van der Waals surface area contributed by atoms with Crippen molar-refractivity contribution in [3.8, 4) is 0 Å². The Kier molecular flexibility index (Phi) is 4.66. The topological polar surface area (TPSA) is 58.2 Å². The van der Waals surface area contributed by atoms with Gasteiger partial charge in [-0.1, -0.05) is 22.9 Å². The molecule has 4 nitrogen and oxygen atoms in total. The van der Waals surface area contributed by atoms with Crippen molar-refractivity contribution >= 4 is 26.0 Å². The lowest BCUT2D eigenvalue weighted by Crippen LogP contribution is -2.45. The summed E-state index contributed by atoms with van der Waals surface area (Å²) in [7, 11) is -3.41. The van der Waals surface area contributed by atoms with Crippen molar-refractivity contribution in [3.05, 3.63) is 28.7 Å². The van der Waals surface area contributed by atoms with Crippen molar-refractivity contribution in [1.29, 1.82) is 0 Å². The van der Waals surface area contributed by atoms with Gasteiger partial charge in [0.05, 0.1) is 4.90 Å². The lowest BCUT2D eigenvalue weighted by Gasteiger charge is -2.34. The van der Waals surface area contributed by atoms with Crippen LogP contribution in [0, 0.1) is 5.41 Å². The largest absolute Gasteiger partial charge is 0.316 e. The predicted octanol–water partition coefficient (Wildman–Crippen LogP) is 2.12. The lowest BCUT2D eigenvalue weighted by atomic mass is 9.83. The average Bonchev–Trinajstić information content (AvgIpc) is 2.38. The van der Waals surface area contributed by atoms with Crippen molar-refractivity contribution in [1.82, 2.24) is 10.0 Å². The van der Waals surface area contributed by atoms with Gasteiger partial charge in [0.2, 0.25) is 10.0 Å². The van der Waals surface area contributed by atoms with Crippen LogP contribution in [-0.2, 0) is 10.0 Å². The van der Waals surface area contributed by atoms with E-state index in [-0.39, 0.29) is 5.41 Å². The molecule has 0 aliphatic carbocycles. The van der Waals surface area contributed by atoms with Crippen LogP contribution in [0.2, 0.25) is 0 Å². The third kappa shape index (κ3) is 4.02. The van der Waals surface area contributed by atoms with Crippen LogP contribution >= 0.6 is 15.9 Å². The van der Waals surface area contributed by atoms with E-state index in [4.69, 9.17) is 0 Å². The second-order valence-corrected chi connectivity index (χ2v) is 8.05. The van der Waals surface area contributed by atoms with Crippen LogP contribution in [0.1, 0.15) is 19.8 Å². The fraction of sp³-hybridized carbons (Fsp3) is 0.538. The van der Waals surface area contributed by atoms with Crippen LogP contribution in [0.5, 0.6) is 0 Å². The van der Waals surface area contributed by atoms with Gasteiger partial charge in [0.1, 0.15) is 0 Å². The lowest BCUT2D eigenvalue weighted by molar-refractivity contribution is 0.238. The zero-order chi connectivity index (χ0) is 13.9. The molecule has 0 bridgehead atoms. The first kappa shape index (κ1) is 15.0. The number of halogens is 1. The Morgan fingerprint density at radius 1 is 1.37 bits per heavy atom. The minimum absolute atomic E-state index is 0.000678. The smallest absolute Gasteiger partial charge is 0.240 e. The number of nitrogens with one attached hydrogen (secondary N) is 2. The van der Waals surface area contributed by atoms with Gasteiger partial charge < -0.3 is 5.32 Å². The first-order chi connectivity index (χ1) is 8.91. The van der Waals surface area contributed by atoms with Crippen LogP contribution in [0.15, 0.2) is 33.6 Å². The van der Waals surface area contributed by atoms with E-state index >= 15 is 0 Å². The quantitative estimate of drug-likeness (QED) is 0.877. The molecule has 0 amide bonds. The highest BCUT2D eigenvalue weighted by Gasteiger charge is 2.28. The molecule has 1 aromatic carbocycles. The molecule has 2 N–H and O–H groups in total. The molecule has 0 radical (unpaired) electrons. The van der Waals surface area contributed by atoms with Gasteiger partial charge in [-0.05, 0) is 49.1 Å². The Hall–Kier alpha value is -0.430. The number of rotatable bonds is 4.